The average molecular weight is 277 g/mol. The molecule has 0 bridgehead atoms. The van der Waals surface area contributed by atoms with E-state index in [0.717, 1.165) is 16.8 Å². The molecule has 1 atom stereocenters. The molecular formula is C18H15NO2. The van der Waals surface area contributed by atoms with E-state index in [9.17, 15) is 4.79 Å². The van der Waals surface area contributed by atoms with Crippen LogP contribution in [0, 0.1) is 6.92 Å². The van der Waals surface area contributed by atoms with Crippen LogP contribution in [0.15, 0.2) is 48.5 Å². The number of hydrogen-bond donors (Lipinski definition) is 0. The minimum Gasteiger partial charge on any atom is -0.447 e. The van der Waals surface area contributed by atoms with Crippen molar-refractivity contribution in [1.29, 1.82) is 0 Å². The van der Waals surface area contributed by atoms with E-state index in [4.69, 9.17) is 4.74 Å². The number of rotatable bonds is 1. The van der Waals surface area contributed by atoms with E-state index >= 15 is 0 Å². The Labute approximate surface area is 122 Å². The number of benzene rings is 2. The fraction of sp³-hybridized carbons (Fsp3) is 0.167. The van der Waals surface area contributed by atoms with E-state index in [1.807, 2.05) is 43.4 Å². The molecule has 1 aromatic heterocycles. The molecular weight excluding hydrogens is 262 g/mol. The number of aryl methyl sites for hydroxylation is 2. The summed E-state index contributed by atoms with van der Waals surface area (Å²) in [5.74, 6) is -0.236. The lowest BCUT2D eigenvalue weighted by Gasteiger charge is -2.14. The van der Waals surface area contributed by atoms with Crippen molar-refractivity contribution in [3.63, 3.8) is 0 Å². The van der Waals surface area contributed by atoms with Crippen LogP contribution in [-0.2, 0) is 11.8 Å². The maximum Gasteiger partial charge on any atom is 0.339 e. The molecule has 0 radical (unpaired) electrons. The van der Waals surface area contributed by atoms with Crippen molar-refractivity contribution in [3.05, 3.63) is 70.9 Å². The second-order valence-corrected chi connectivity index (χ2v) is 5.46. The molecule has 1 aliphatic heterocycles. The van der Waals surface area contributed by atoms with Crippen LogP contribution in [0.4, 0.5) is 0 Å². The summed E-state index contributed by atoms with van der Waals surface area (Å²) in [4.78, 5) is 12.1. The molecule has 0 spiro atoms. The van der Waals surface area contributed by atoms with E-state index in [2.05, 4.69) is 23.6 Å². The van der Waals surface area contributed by atoms with Gasteiger partial charge in [-0.15, -0.1) is 0 Å². The molecule has 0 saturated carbocycles. The summed E-state index contributed by atoms with van der Waals surface area (Å²) in [5.41, 5.74) is 5.01. The summed E-state index contributed by atoms with van der Waals surface area (Å²) in [6.07, 6.45) is -0.314. The maximum atomic E-state index is 12.1. The van der Waals surface area contributed by atoms with Gasteiger partial charge in [-0.3, -0.25) is 0 Å². The Morgan fingerprint density at radius 3 is 2.57 bits per heavy atom. The second-order valence-electron chi connectivity index (χ2n) is 5.46. The fourth-order valence-corrected chi connectivity index (χ4v) is 3.32. The minimum absolute atomic E-state index is 0.236. The Bertz CT molecular complexity index is 837. The van der Waals surface area contributed by atoms with Crippen LogP contribution < -0.4 is 0 Å². The Hall–Kier alpha value is -2.55. The first-order valence-corrected chi connectivity index (χ1v) is 7.02. The zero-order chi connectivity index (χ0) is 14.6. The molecule has 3 nitrogen and oxygen atoms in total. The highest BCUT2D eigenvalue weighted by molar-refractivity contribution is 5.95. The zero-order valence-electron chi connectivity index (χ0n) is 12.0. The number of aromatic nitrogens is 1. The number of cyclic esters (lactones) is 1. The number of carbonyl (C=O) groups is 1. The van der Waals surface area contributed by atoms with Crippen LogP contribution in [0.3, 0.4) is 0 Å². The first-order chi connectivity index (χ1) is 10.2. The number of nitrogens with zero attached hydrogens (tertiary/aromatic N) is 1. The number of fused-ring (bicyclic) bond motifs is 2. The van der Waals surface area contributed by atoms with Crippen molar-refractivity contribution in [2.75, 3.05) is 0 Å². The highest BCUT2D eigenvalue weighted by Gasteiger charge is 2.34. The lowest BCUT2D eigenvalue weighted by molar-refractivity contribution is 0.0445. The Kier molecular flexibility index (Phi) is 2.45. The predicted octanol–water partition coefficient (Wildman–Crippen LogP) is 3.75. The summed E-state index contributed by atoms with van der Waals surface area (Å²) < 4.78 is 7.78. The molecule has 0 fully saturated rings. The largest absolute Gasteiger partial charge is 0.447 e. The number of hydrogen-bond acceptors (Lipinski definition) is 2. The van der Waals surface area contributed by atoms with Gasteiger partial charge >= 0.3 is 5.97 Å². The molecule has 4 rings (SSSR count). The number of ether oxygens (including phenoxy) is 1. The van der Waals surface area contributed by atoms with Crippen LogP contribution in [0.1, 0.15) is 33.3 Å². The van der Waals surface area contributed by atoms with Crippen LogP contribution in [0.2, 0.25) is 0 Å². The molecule has 2 aromatic carbocycles. The lowest BCUT2D eigenvalue weighted by Crippen LogP contribution is -2.07. The topological polar surface area (TPSA) is 31.2 Å². The third kappa shape index (κ3) is 1.57. The van der Waals surface area contributed by atoms with E-state index in [-0.39, 0.29) is 12.1 Å². The quantitative estimate of drug-likeness (QED) is 0.634. The number of carbonyl (C=O) groups excluding carboxylic acids is 1. The second kappa shape index (κ2) is 4.22. The van der Waals surface area contributed by atoms with Crippen molar-refractivity contribution < 1.29 is 9.53 Å². The standard InChI is InChI=1S/C18H15NO2/c1-11-12-7-5-6-10-15(12)19(2)16(11)17-13-8-3-4-9-14(13)18(20)21-17/h3-10,17H,1-2H3/t17-/m0/s1. The molecule has 0 N–H and O–H groups in total. The minimum atomic E-state index is -0.314. The van der Waals surface area contributed by atoms with Gasteiger partial charge in [0.1, 0.15) is 0 Å². The molecule has 0 aliphatic carbocycles. The van der Waals surface area contributed by atoms with Gasteiger partial charge in [-0.2, -0.15) is 0 Å². The van der Waals surface area contributed by atoms with Crippen LogP contribution in [-0.4, -0.2) is 10.5 Å². The van der Waals surface area contributed by atoms with Crippen molar-refractivity contribution >= 4 is 16.9 Å². The molecule has 0 saturated heterocycles. The third-order valence-corrected chi connectivity index (χ3v) is 4.35. The lowest BCUT2D eigenvalue weighted by atomic mass is 10.0. The van der Waals surface area contributed by atoms with E-state index in [0.29, 0.717) is 5.56 Å². The molecule has 21 heavy (non-hydrogen) atoms. The Morgan fingerprint density at radius 1 is 1.05 bits per heavy atom. The fourth-order valence-electron chi connectivity index (χ4n) is 3.32. The van der Waals surface area contributed by atoms with Gasteiger partial charge in [0.05, 0.1) is 11.3 Å². The van der Waals surface area contributed by atoms with Gasteiger partial charge in [0.15, 0.2) is 6.10 Å². The molecule has 2 heterocycles. The van der Waals surface area contributed by atoms with Gasteiger partial charge in [0, 0.05) is 23.5 Å². The maximum absolute atomic E-state index is 12.1. The monoisotopic (exact) mass is 277 g/mol. The van der Waals surface area contributed by atoms with Crippen molar-refractivity contribution in [2.24, 2.45) is 7.05 Å². The van der Waals surface area contributed by atoms with Gasteiger partial charge in [-0.25, -0.2) is 4.79 Å². The van der Waals surface area contributed by atoms with Crippen LogP contribution in [0.5, 0.6) is 0 Å². The summed E-state index contributed by atoms with van der Waals surface area (Å²) in [6, 6.07) is 15.9. The summed E-state index contributed by atoms with van der Waals surface area (Å²) >= 11 is 0. The average Bonchev–Trinajstić information content (AvgIpc) is 2.96. The van der Waals surface area contributed by atoms with Crippen molar-refractivity contribution in [3.8, 4) is 0 Å². The molecule has 0 unspecified atom stereocenters. The Balaban J connectivity index is 1.99. The molecule has 1 aliphatic rings. The zero-order valence-corrected chi connectivity index (χ0v) is 12.0. The predicted molar refractivity (Wildman–Crippen MR) is 81.4 cm³/mol. The molecule has 0 amide bonds. The normalized spacial score (nSPS) is 17.0. The SMILES string of the molecule is Cc1c([C@H]2OC(=O)c3ccccc32)n(C)c2ccccc12. The molecule has 104 valence electrons. The Morgan fingerprint density at radius 2 is 1.76 bits per heavy atom. The first kappa shape index (κ1) is 12.2. The first-order valence-electron chi connectivity index (χ1n) is 7.02. The highest BCUT2D eigenvalue weighted by Crippen LogP contribution is 2.39. The van der Waals surface area contributed by atoms with E-state index in [1.165, 1.54) is 10.9 Å². The van der Waals surface area contributed by atoms with Gasteiger partial charge < -0.3 is 9.30 Å². The van der Waals surface area contributed by atoms with Crippen LogP contribution in [0.25, 0.3) is 10.9 Å². The summed E-state index contributed by atoms with van der Waals surface area (Å²) in [6.45, 7) is 2.09. The van der Waals surface area contributed by atoms with Gasteiger partial charge in [0.25, 0.3) is 0 Å². The smallest absolute Gasteiger partial charge is 0.339 e. The molecule has 3 heteroatoms. The summed E-state index contributed by atoms with van der Waals surface area (Å²) in [7, 11) is 2.03. The van der Waals surface area contributed by atoms with Crippen molar-refractivity contribution in [2.45, 2.75) is 13.0 Å². The van der Waals surface area contributed by atoms with Gasteiger partial charge in [-0.1, -0.05) is 36.4 Å². The highest BCUT2D eigenvalue weighted by atomic mass is 16.5. The third-order valence-electron chi connectivity index (χ3n) is 4.35. The van der Waals surface area contributed by atoms with Gasteiger partial charge in [-0.05, 0) is 24.6 Å². The number of para-hydroxylation sites is 1. The van der Waals surface area contributed by atoms with Gasteiger partial charge in [0.2, 0.25) is 0 Å². The molecule has 3 aromatic rings. The summed E-state index contributed by atoms with van der Waals surface area (Å²) in [5, 5.41) is 1.20. The van der Waals surface area contributed by atoms with E-state index in [1.54, 1.807) is 0 Å². The van der Waals surface area contributed by atoms with Crippen LogP contribution >= 0.6 is 0 Å². The van der Waals surface area contributed by atoms with E-state index < -0.39 is 0 Å². The number of esters is 1. The van der Waals surface area contributed by atoms with Crippen molar-refractivity contribution in [1.82, 2.24) is 4.57 Å².